The smallest absolute Gasteiger partial charge is 0.252 e. The first kappa shape index (κ1) is 13.6. The van der Waals surface area contributed by atoms with Gasteiger partial charge in [0.2, 0.25) is 0 Å². The van der Waals surface area contributed by atoms with Gasteiger partial charge in [0.15, 0.2) is 0 Å². The molecular weight excluding hydrogens is 292 g/mol. The summed E-state index contributed by atoms with van der Waals surface area (Å²) in [6.07, 6.45) is 3.49. The van der Waals surface area contributed by atoms with E-state index >= 15 is 0 Å². The number of halogens is 1. The van der Waals surface area contributed by atoms with Gasteiger partial charge in [0, 0.05) is 17.1 Å². The fourth-order valence-corrected chi connectivity index (χ4v) is 2.94. The maximum absolute atomic E-state index is 12.0. The summed E-state index contributed by atoms with van der Waals surface area (Å²) in [6.45, 7) is 3.86. The second kappa shape index (κ2) is 6.34. The Morgan fingerprint density at radius 1 is 1.56 bits per heavy atom. The molecular formula is C14H19BrN2O. The molecule has 1 aliphatic rings. The Morgan fingerprint density at radius 2 is 2.39 bits per heavy atom. The van der Waals surface area contributed by atoms with Gasteiger partial charge in [0.05, 0.1) is 5.56 Å². The molecule has 1 aliphatic heterocycles. The van der Waals surface area contributed by atoms with Crippen molar-refractivity contribution in [3.05, 3.63) is 33.8 Å². The Labute approximate surface area is 116 Å². The van der Waals surface area contributed by atoms with Gasteiger partial charge in [0.25, 0.3) is 5.91 Å². The Balaban J connectivity index is 1.83. The SMILES string of the molecule is Cc1ccc(C(=O)NCCC2CCCN2)c(Br)c1. The van der Waals surface area contributed by atoms with Crippen LogP contribution in [0.15, 0.2) is 22.7 Å². The summed E-state index contributed by atoms with van der Waals surface area (Å²) in [5.74, 6) is -0.000119. The molecule has 98 valence electrons. The highest BCUT2D eigenvalue weighted by molar-refractivity contribution is 9.10. The first-order valence-corrected chi connectivity index (χ1v) is 7.24. The van der Waals surface area contributed by atoms with Gasteiger partial charge in [-0.1, -0.05) is 6.07 Å². The van der Waals surface area contributed by atoms with Crippen LogP contribution in [0.1, 0.15) is 35.2 Å². The highest BCUT2D eigenvalue weighted by atomic mass is 79.9. The van der Waals surface area contributed by atoms with E-state index in [-0.39, 0.29) is 5.91 Å². The topological polar surface area (TPSA) is 41.1 Å². The highest BCUT2D eigenvalue weighted by Gasteiger charge is 2.14. The second-order valence-electron chi connectivity index (χ2n) is 4.82. The summed E-state index contributed by atoms with van der Waals surface area (Å²) in [4.78, 5) is 12.0. The van der Waals surface area contributed by atoms with Crippen LogP contribution >= 0.6 is 15.9 Å². The third kappa shape index (κ3) is 3.56. The Hall–Kier alpha value is -0.870. The molecule has 4 heteroatoms. The van der Waals surface area contributed by atoms with Crippen molar-refractivity contribution in [1.82, 2.24) is 10.6 Å². The van der Waals surface area contributed by atoms with Crippen molar-refractivity contribution in [2.24, 2.45) is 0 Å². The second-order valence-corrected chi connectivity index (χ2v) is 5.68. The maximum atomic E-state index is 12.0. The third-order valence-corrected chi connectivity index (χ3v) is 3.97. The van der Waals surface area contributed by atoms with E-state index < -0.39 is 0 Å². The van der Waals surface area contributed by atoms with E-state index in [1.807, 2.05) is 25.1 Å². The molecule has 1 unspecified atom stereocenters. The van der Waals surface area contributed by atoms with Crippen molar-refractivity contribution in [1.29, 1.82) is 0 Å². The van der Waals surface area contributed by atoms with Crippen LogP contribution in [0.4, 0.5) is 0 Å². The molecule has 0 spiro atoms. The van der Waals surface area contributed by atoms with Crippen molar-refractivity contribution in [3.8, 4) is 0 Å². The van der Waals surface area contributed by atoms with Gasteiger partial charge in [-0.25, -0.2) is 0 Å². The van der Waals surface area contributed by atoms with Crippen molar-refractivity contribution >= 4 is 21.8 Å². The predicted molar refractivity (Wildman–Crippen MR) is 76.9 cm³/mol. The van der Waals surface area contributed by atoms with Crippen LogP contribution < -0.4 is 10.6 Å². The summed E-state index contributed by atoms with van der Waals surface area (Å²) in [5.41, 5.74) is 1.86. The van der Waals surface area contributed by atoms with E-state index in [9.17, 15) is 4.79 Å². The van der Waals surface area contributed by atoms with Gasteiger partial charge in [-0.3, -0.25) is 4.79 Å². The fourth-order valence-electron chi connectivity index (χ4n) is 2.26. The first-order chi connectivity index (χ1) is 8.66. The number of carbonyl (C=O) groups is 1. The molecule has 3 nitrogen and oxygen atoms in total. The minimum atomic E-state index is -0.000119. The van der Waals surface area contributed by atoms with Crippen LogP contribution in [0.3, 0.4) is 0 Å². The lowest BCUT2D eigenvalue weighted by atomic mass is 10.1. The summed E-state index contributed by atoms with van der Waals surface area (Å²) >= 11 is 3.43. The standard InChI is InChI=1S/C14H19BrN2O/c1-10-4-5-12(13(15)9-10)14(18)17-8-6-11-3-2-7-16-11/h4-5,9,11,16H,2-3,6-8H2,1H3,(H,17,18). The summed E-state index contributed by atoms with van der Waals surface area (Å²) < 4.78 is 0.860. The minimum absolute atomic E-state index is 0.000119. The molecule has 0 bridgehead atoms. The van der Waals surface area contributed by atoms with Crippen molar-refractivity contribution in [3.63, 3.8) is 0 Å². The number of benzene rings is 1. The number of nitrogens with one attached hydrogen (secondary N) is 2. The number of amides is 1. The number of hydrogen-bond acceptors (Lipinski definition) is 2. The molecule has 1 amide bonds. The average molecular weight is 311 g/mol. The van der Waals surface area contributed by atoms with Gasteiger partial charge in [-0.15, -0.1) is 0 Å². The average Bonchev–Trinajstić information content (AvgIpc) is 2.81. The van der Waals surface area contributed by atoms with Crippen molar-refractivity contribution in [2.75, 3.05) is 13.1 Å². The minimum Gasteiger partial charge on any atom is -0.352 e. The number of hydrogen-bond donors (Lipinski definition) is 2. The fraction of sp³-hybridized carbons (Fsp3) is 0.500. The maximum Gasteiger partial charge on any atom is 0.252 e. The number of rotatable bonds is 4. The molecule has 0 aliphatic carbocycles. The molecule has 18 heavy (non-hydrogen) atoms. The van der Waals surface area contributed by atoms with E-state index in [0.29, 0.717) is 11.6 Å². The van der Waals surface area contributed by atoms with Crippen LogP contribution in [0.2, 0.25) is 0 Å². The lowest BCUT2D eigenvalue weighted by Gasteiger charge is -2.11. The zero-order chi connectivity index (χ0) is 13.0. The quantitative estimate of drug-likeness (QED) is 0.897. The molecule has 0 saturated carbocycles. The van der Waals surface area contributed by atoms with Crippen LogP contribution in [0.25, 0.3) is 0 Å². The zero-order valence-electron chi connectivity index (χ0n) is 10.6. The largest absolute Gasteiger partial charge is 0.352 e. The Morgan fingerprint density at radius 3 is 3.06 bits per heavy atom. The Kier molecular flexibility index (Phi) is 4.78. The predicted octanol–water partition coefficient (Wildman–Crippen LogP) is 2.63. The molecule has 1 saturated heterocycles. The van der Waals surface area contributed by atoms with Crippen molar-refractivity contribution in [2.45, 2.75) is 32.2 Å². The number of aryl methyl sites for hydroxylation is 1. The highest BCUT2D eigenvalue weighted by Crippen LogP contribution is 2.18. The monoisotopic (exact) mass is 310 g/mol. The van der Waals surface area contributed by atoms with Gasteiger partial charge in [-0.2, -0.15) is 0 Å². The molecule has 0 radical (unpaired) electrons. The molecule has 1 aromatic carbocycles. The van der Waals surface area contributed by atoms with Gasteiger partial charge in [-0.05, 0) is 66.4 Å². The van der Waals surface area contributed by atoms with E-state index in [2.05, 4.69) is 26.6 Å². The van der Waals surface area contributed by atoms with E-state index in [0.717, 1.165) is 29.5 Å². The molecule has 1 aromatic rings. The van der Waals surface area contributed by atoms with Crippen LogP contribution in [-0.4, -0.2) is 25.0 Å². The number of carbonyl (C=O) groups excluding carboxylic acids is 1. The van der Waals surface area contributed by atoms with Gasteiger partial charge < -0.3 is 10.6 Å². The van der Waals surface area contributed by atoms with E-state index in [4.69, 9.17) is 0 Å². The molecule has 1 atom stereocenters. The molecule has 2 rings (SSSR count). The van der Waals surface area contributed by atoms with Gasteiger partial charge >= 0.3 is 0 Å². The van der Waals surface area contributed by atoms with Crippen LogP contribution in [0.5, 0.6) is 0 Å². The Bertz CT molecular complexity index is 428. The molecule has 1 fully saturated rings. The summed E-state index contributed by atoms with van der Waals surface area (Å²) in [6, 6.07) is 6.36. The molecule has 1 heterocycles. The van der Waals surface area contributed by atoms with Crippen molar-refractivity contribution < 1.29 is 4.79 Å². The van der Waals surface area contributed by atoms with Crippen LogP contribution in [-0.2, 0) is 0 Å². The van der Waals surface area contributed by atoms with Gasteiger partial charge in [0.1, 0.15) is 0 Å². The summed E-state index contributed by atoms with van der Waals surface area (Å²) in [7, 11) is 0. The summed E-state index contributed by atoms with van der Waals surface area (Å²) in [5, 5.41) is 6.41. The van der Waals surface area contributed by atoms with E-state index in [1.54, 1.807) is 0 Å². The lowest BCUT2D eigenvalue weighted by molar-refractivity contribution is 0.0951. The third-order valence-electron chi connectivity index (χ3n) is 3.31. The van der Waals surface area contributed by atoms with Crippen LogP contribution in [0, 0.1) is 6.92 Å². The van der Waals surface area contributed by atoms with E-state index in [1.165, 1.54) is 12.8 Å². The lowest BCUT2D eigenvalue weighted by Crippen LogP contribution is -2.30. The molecule has 0 aromatic heterocycles. The molecule has 2 N–H and O–H groups in total. The normalized spacial score (nSPS) is 18.9. The first-order valence-electron chi connectivity index (χ1n) is 6.44. The zero-order valence-corrected chi connectivity index (χ0v) is 12.2.